The summed E-state index contributed by atoms with van der Waals surface area (Å²) < 4.78 is 1.85. The minimum absolute atomic E-state index is 0.268. The van der Waals surface area contributed by atoms with E-state index in [4.69, 9.17) is 0 Å². The lowest BCUT2D eigenvalue weighted by Gasteiger charge is -2.32. The molecule has 16 heteroatoms. The van der Waals surface area contributed by atoms with Crippen molar-refractivity contribution >= 4 is 52.7 Å². The summed E-state index contributed by atoms with van der Waals surface area (Å²) in [6, 6.07) is -2.46. The van der Waals surface area contributed by atoms with Gasteiger partial charge in [-0.15, -0.1) is 27.1 Å². The van der Waals surface area contributed by atoms with Crippen molar-refractivity contribution in [3.8, 4) is 0 Å². The summed E-state index contributed by atoms with van der Waals surface area (Å²) in [5.74, 6) is -2.72. The van der Waals surface area contributed by atoms with Crippen LogP contribution in [0.25, 0.3) is 0 Å². The molecule has 0 bridgehead atoms. The summed E-state index contributed by atoms with van der Waals surface area (Å²) in [7, 11) is 0. The van der Waals surface area contributed by atoms with Crippen molar-refractivity contribution in [2.75, 3.05) is 5.75 Å². The highest BCUT2D eigenvalue weighted by Crippen LogP contribution is 2.30. The number of aryl methyl sites for hydroxylation is 1. The Morgan fingerprint density at radius 3 is 2.77 bits per heavy atom. The molecule has 0 saturated heterocycles. The van der Waals surface area contributed by atoms with Gasteiger partial charge in [-0.3, -0.25) is 14.9 Å². The Bertz CT molecular complexity index is 949. The second-order valence-electron chi connectivity index (χ2n) is 5.95. The zero-order valence-electron chi connectivity index (χ0n) is 15.3. The molecule has 0 fully saturated rings. The first-order chi connectivity index (χ1) is 14.3. The topological polar surface area (TPSA) is 185 Å². The molecule has 30 heavy (non-hydrogen) atoms. The van der Waals surface area contributed by atoms with Crippen molar-refractivity contribution in [1.82, 2.24) is 41.0 Å². The van der Waals surface area contributed by atoms with Gasteiger partial charge in [0.25, 0.3) is 0 Å². The lowest BCUT2D eigenvalue weighted by molar-refractivity contribution is -0.143. The van der Waals surface area contributed by atoms with Gasteiger partial charge in [-0.05, 0) is 28.3 Å². The van der Waals surface area contributed by atoms with E-state index in [1.54, 1.807) is 5.41 Å². The van der Waals surface area contributed by atoms with Crippen LogP contribution in [0.5, 0.6) is 0 Å². The van der Waals surface area contributed by atoms with Gasteiger partial charge in [0.1, 0.15) is 23.9 Å². The number of thioether (sulfide) groups is 2. The molecule has 2 aromatic rings. The van der Waals surface area contributed by atoms with Crippen LogP contribution in [-0.2, 0) is 20.9 Å². The number of hydrogen-bond acceptors (Lipinski definition) is 12. The van der Waals surface area contributed by atoms with Gasteiger partial charge >= 0.3 is 11.9 Å². The zero-order valence-corrected chi connectivity index (χ0v) is 17.8. The molecule has 3 rings (SSSR count). The molecule has 13 nitrogen and oxygen atoms in total. The molecule has 0 radical (unpaired) electrons. The van der Waals surface area contributed by atoms with Crippen LogP contribution in [0.3, 0.4) is 0 Å². The third-order valence-electron chi connectivity index (χ3n) is 3.77. The number of nitrogens with zero attached hydrogens (tertiary/aromatic N) is 6. The smallest absolute Gasteiger partial charge is 0.328 e. The van der Waals surface area contributed by atoms with Gasteiger partial charge in [-0.25, -0.2) is 9.48 Å². The van der Waals surface area contributed by atoms with Gasteiger partial charge in [-0.1, -0.05) is 23.1 Å². The van der Waals surface area contributed by atoms with Gasteiger partial charge < -0.3 is 15.5 Å². The molecular formula is C14H16N8O5S3. The van der Waals surface area contributed by atoms with E-state index in [2.05, 4.69) is 36.4 Å². The van der Waals surface area contributed by atoms with Crippen molar-refractivity contribution in [2.45, 2.75) is 35.3 Å². The fraction of sp³-hybridized carbons (Fsp3) is 0.429. The number of rotatable bonds is 9. The molecular weight excluding hydrogens is 456 g/mol. The second kappa shape index (κ2) is 9.96. The number of carbonyl (C=O) groups is 3. The van der Waals surface area contributed by atoms with E-state index in [1.165, 1.54) is 29.4 Å². The Morgan fingerprint density at radius 1 is 1.37 bits per heavy atom. The Morgan fingerprint density at radius 2 is 2.17 bits per heavy atom. The van der Waals surface area contributed by atoms with Gasteiger partial charge in [0, 0.05) is 5.75 Å². The summed E-state index contributed by atoms with van der Waals surface area (Å²) in [5, 5.41) is 44.1. The number of amides is 1. The van der Waals surface area contributed by atoms with Crippen molar-refractivity contribution in [1.29, 1.82) is 0 Å². The lowest BCUT2D eigenvalue weighted by Crippen LogP contribution is -2.58. The summed E-state index contributed by atoms with van der Waals surface area (Å²) >= 11 is 3.85. The zero-order chi connectivity index (χ0) is 21.7. The number of aliphatic carboxylic acids is 2. The molecule has 1 aliphatic heterocycles. The van der Waals surface area contributed by atoms with Gasteiger partial charge in [0.15, 0.2) is 10.4 Å². The third kappa shape index (κ3) is 5.74. The van der Waals surface area contributed by atoms with E-state index in [0.29, 0.717) is 15.7 Å². The largest absolute Gasteiger partial charge is 0.480 e. The highest BCUT2D eigenvalue weighted by molar-refractivity contribution is 8.03. The molecule has 3 heterocycles. The van der Waals surface area contributed by atoms with E-state index < -0.39 is 35.3 Å². The summed E-state index contributed by atoms with van der Waals surface area (Å²) in [5.41, 5.74) is 0.561. The molecule has 3 atom stereocenters. The van der Waals surface area contributed by atoms with Crippen LogP contribution in [0.15, 0.2) is 21.6 Å². The van der Waals surface area contributed by atoms with Gasteiger partial charge in [0.2, 0.25) is 5.91 Å². The first kappa shape index (κ1) is 22.1. The van der Waals surface area contributed by atoms with Gasteiger partial charge in [0.05, 0.1) is 5.37 Å². The quantitative estimate of drug-likeness (QED) is 0.332. The SMILES string of the molecule is Cc1nnc(SCC2=CSC(C(NC(=O)Cn3cnnn3)C(=O)O)NC2C(=O)O)s1. The molecule has 0 saturated carbocycles. The molecule has 160 valence electrons. The number of hydrogen-bond donors (Lipinski definition) is 4. The number of carboxylic acids is 2. The van der Waals surface area contributed by atoms with E-state index in [9.17, 15) is 24.6 Å². The maximum Gasteiger partial charge on any atom is 0.328 e. The Kier molecular flexibility index (Phi) is 7.35. The minimum Gasteiger partial charge on any atom is -0.480 e. The maximum absolute atomic E-state index is 12.1. The monoisotopic (exact) mass is 472 g/mol. The summed E-state index contributed by atoms with van der Waals surface area (Å²) in [6.07, 6.45) is 1.22. The van der Waals surface area contributed by atoms with Crippen molar-refractivity contribution in [3.63, 3.8) is 0 Å². The summed E-state index contributed by atoms with van der Waals surface area (Å²) in [4.78, 5) is 35.6. The number of carboxylic acid groups (broad SMARTS) is 2. The van der Waals surface area contributed by atoms with E-state index in [1.807, 2.05) is 6.92 Å². The van der Waals surface area contributed by atoms with Crippen LogP contribution >= 0.6 is 34.9 Å². The second-order valence-corrected chi connectivity index (χ2v) is 9.37. The lowest BCUT2D eigenvalue weighted by atomic mass is 10.1. The van der Waals surface area contributed by atoms with E-state index in [-0.39, 0.29) is 6.54 Å². The van der Waals surface area contributed by atoms with Gasteiger partial charge in [-0.2, -0.15) is 0 Å². The number of carbonyl (C=O) groups excluding carboxylic acids is 1. The Balaban J connectivity index is 1.66. The van der Waals surface area contributed by atoms with Crippen molar-refractivity contribution in [3.05, 3.63) is 22.3 Å². The van der Waals surface area contributed by atoms with Crippen molar-refractivity contribution < 1.29 is 24.6 Å². The van der Waals surface area contributed by atoms with E-state index in [0.717, 1.165) is 21.5 Å². The first-order valence-electron chi connectivity index (χ1n) is 8.32. The number of aromatic nitrogens is 6. The maximum atomic E-state index is 12.1. The Labute approximate surface area is 181 Å². The molecule has 2 aromatic heterocycles. The average molecular weight is 473 g/mol. The molecule has 1 aliphatic rings. The van der Waals surface area contributed by atoms with Crippen molar-refractivity contribution in [2.24, 2.45) is 0 Å². The highest BCUT2D eigenvalue weighted by atomic mass is 32.2. The number of nitrogens with one attached hydrogen (secondary N) is 2. The normalized spacial score (nSPS) is 19.7. The molecule has 0 spiro atoms. The predicted molar refractivity (Wildman–Crippen MR) is 107 cm³/mol. The Hall–Kier alpha value is -2.56. The van der Waals surface area contributed by atoms with Crippen LogP contribution in [0, 0.1) is 6.92 Å². The third-order valence-corrected chi connectivity index (χ3v) is 6.95. The fourth-order valence-electron chi connectivity index (χ4n) is 2.43. The standard InChI is InChI=1S/C14H16N8O5S3/c1-6-18-19-14(30-6)29-4-7-3-28-11(17-9(7)12(24)25)10(13(26)27)16-8(23)2-22-5-15-20-21-22/h3,5,9-11,17H,2,4H2,1H3,(H,16,23)(H,24,25)(H,26,27). The van der Waals surface area contributed by atoms with Crippen LogP contribution in [-0.4, -0.2) is 81.7 Å². The van der Waals surface area contributed by atoms with Crippen LogP contribution in [0.4, 0.5) is 0 Å². The predicted octanol–water partition coefficient (Wildman–Crippen LogP) is -0.806. The molecule has 0 aromatic carbocycles. The molecule has 0 aliphatic carbocycles. The van der Waals surface area contributed by atoms with Crippen LogP contribution in [0.1, 0.15) is 5.01 Å². The fourth-order valence-corrected chi connectivity index (χ4v) is 5.46. The van der Waals surface area contributed by atoms with E-state index >= 15 is 0 Å². The molecule has 3 unspecified atom stereocenters. The molecule has 4 N–H and O–H groups in total. The number of tetrazole rings is 1. The first-order valence-corrected chi connectivity index (χ1v) is 11.1. The average Bonchev–Trinajstić information content (AvgIpc) is 3.35. The van der Waals surface area contributed by atoms with Crippen LogP contribution in [0.2, 0.25) is 0 Å². The summed E-state index contributed by atoms with van der Waals surface area (Å²) in [6.45, 7) is 1.55. The minimum atomic E-state index is -1.36. The molecule has 1 amide bonds. The van der Waals surface area contributed by atoms with Crippen LogP contribution < -0.4 is 10.6 Å². The highest BCUT2D eigenvalue weighted by Gasteiger charge is 2.37.